The van der Waals surface area contributed by atoms with E-state index < -0.39 is 12.0 Å². The van der Waals surface area contributed by atoms with Crippen LogP contribution in [0.1, 0.15) is 30.6 Å². The lowest BCUT2D eigenvalue weighted by Gasteiger charge is -2.18. The van der Waals surface area contributed by atoms with Gasteiger partial charge in [0, 0.05) is 10.0 Å². The van der Waals surface area contributed by atoms with Crippen molar-refractivity contribution in [3.8, 4) is 0 Å². The van der Waals surface area contributed by atoms with E-state index in [0.29, 0.717) is 21.5 Å². The summed E-state index contributed by atoms with van der Waals surface area (Å²) in [4.78, 5) is 23.8. The summed E-state index contributed by atoms with van der Waals surface area (Å²) in [7, 11) is 1.31. The van der Waals surface area contributed by atoms with Crippen LogP contribution in [0.25, 0.3) is 0 Å². The van der Waals surface area contributed by atoms with Gasteiger partial charge in [0.1, 0.15) is 6.04 Å². The number of carbonyl (C=O) groups excluding carboxylic acids is 2. The average Bonchev–Trinajstić information content (AvgIpc) is 2.39. The van der Waals surface area contributed by atoms with Crippen LogP contribution in [0.3, 0.4) is 0 Å². The molecule has 4 nitrogen and oxygen atoms in total. The summed E-state index contributed by atoms with van der Waals surface area (Å²) in [5, 5.41) is 3.21. The maximum atomic E-state index is 12.1. The summed E-state index contributed by atoms with van der Waals surface area (Å²) in [5.41, 5.74) is 0.430. The van der Waals surface area contributed by atoms with Crippen molar-refractivity contribution in [3.63, 3.8) is 0 Å². The van der Waals surface area contributed by atoms with Crippen molar-refractivity contribution in [3.05, 3.63) is 33.3 Å². The van der Waals surface area contributed by atoms with Gasteiger partial charge in [-0.25, -0.2) is 4.79 Å². The lowest BCUT2D eigenvalue weighted by molar-refractivity contribution is -0.143. The molecule has 0 aliphatic rings. The van der Waals surface area contributed by atoms with Crippen LogP contribution < -0.4 is 5.32 Å². The Kier molecular flexibility index (Phi) is 6.49. The number of esters is 1. The Labute approximate surface area is 132 Å². The van der Waals surface area contributed by atoms with Crippen molar-refractivity contribution in [2.75, 3.05) is 7.11 Å². The zero-order valence-corrected chi connectivity index (χ0v) is 13.9. The van der Waals surface area contributed by atoms with E-state index in [1.54, 1.807) is 18.2 Å². The topological polar surface area (TPSA) is 55.4 Å². The van der Waals surface area contributed by atoms with Crippen LogP contribution in [0.2, 0.25) is 5.02 Å². The second-order valence-corrected chi connectivity index (χ2v) is 6.07. The van der Waals surface area contributed by atoms with Gasteiger partial charge in [-0.1, -0.05) is 25.4 Å². The smallest absolute Gasteiger partial charge is 0.328 e. The van der Waals surface area contributed by atoms with E-state index in [4.69, 9.17) is 16.3 Å². The Morgan fingerprint density at radius 1 is 1.40 bits per heavy atom. The zero-order valence-electron chi connectivity index (χ0n) is 11.6. The Morgan fingerprint density at radius 3 is 2.55 bits per heavy atom. The van der Waals surface area contributed by atoms with E-state index in [1.807, 2.05) is 13.8 Å². The summed E-state index contributed by atoms with van der Waals surface area (Å²) in [6.07, 6.45) is 0.521. The Morgan fingerprint density at radius 2 is 2.05 bits per heavy atom. The van der Waals surface area contributed by atoms with Gasteiger partial charge in [-0.2, -0.15) is 0 Å². The molecule has 0 heterocycles. The van der Waals surface area contributed by atoms with Gasteiger partial charge in [0.05, 0.1) is 12.1 Å². The van der Waals surface area contributed by atoms with Crippen molar-refractivity contribution < 1.29 is 14.3 Å². The first-order valence-corrected chi connectivity index (χ1v) is 7.36. The SMILES string of the molecule is COC(=O)C(CC(C)C)NC(=O)c1ccc(Cl)c(Br)c1. The third kappa shape index (κ3) is 4.80. The van der Waals surface area contributed by atoms with Crippen LogP contribution in [-0.4, -0.2) is 25.0 Å². The number of nitrogens with one attached hydrogen (secondary N) is 1. The van der Waals surface area contributed by atoms with Gasteiger partial charge in [0.2, 0.25) is 0 Å². The summed E-state index contributed by atoms with van der Waals surface area (Å²) in [5.74, 6) is -0.519. The molecule has 1 amide bonds. The first-order valence-electron chi connectivity index (χ1n) is 6.19. The number of rotatable bonds is 5. The van der Waals surface area contributed by atoms with Crippen LogP contribution in [0.5, 0.6) is 0 Å². The summed E-state index contributed by atoms with van der Waals surface area (Å²) in [6.45, 7) is 3.95. The average molecular weight is 363 g/mol. The van der Waals surface area contributed by atoms with Crippen molar-refractivity contribution in [1.29, 1.82) is 0 Å². The molecule has 0 bridgehead atoms. The predicted octanol–water partition coefficient (Wildman–Crippen LogP) is 3.42. The quantitative estimate of drug-likeness (QED) is 0.817. The minimum Gasteiger partial charge on any atom is -0.467 e. The monoisotopic (exact) mass is 361 g/mol. The molecular weight excluding hydrogens is 346 g/mol. The fourth-order valence-corrected chi connectivity index (χ4v) is 2.20. The summed E-state index contributed by atoms with van der Waals surface area (Å²) >= 11 is 9.14. The van der Waals surface area contributed by atoms with Crippen LogP contribution in [0.4, 0.5) is 0 Å². The van der Waals surface area contributed by atoms with E-state index >= 15 is 0 Å². The van der Waals surface area contributed by atoms with E-state index in [-0.39, 0.29) is 11.8 Å². The third-order valence-electron chi connectivity index (χ3n) is 2.68. The molecule has 0 saturated carbocycles. The highest BCUT2D eigenvalue weighted by Crippen LogP contribution is 2.23. The van der Waals surface area contributed by atoms with Crippen LogP contribution in [-0.2, 0) is 9.53 Å². The second-order valence-electron chi connectivity index (χ2n) is 4.81. The van der Waals surface area contributed by atoms with Crippen LogP contribution >= 0.6 is 27.5 Å². The molecule has 0 radical (unpaired) electrons. The Balaban J connectivity index is 2.84. The number of hydrogen-bond acceptors (Lipinski definition) is 3. The van der Waals surface area contributed by atoms with E-state index in [9.17, 15) is 9.59 Å². The van der Waals surface area contributed by atoms with Crippen molar-refractivity contribution in [1.82, 2.24) is 5.32 Å². The number of halogens is 2. The molecule has 0 spiro atoms. The highest BCUT2D eigenvalue weighted by molar-refractivity contribution is 9.10. The van der Waals surface area contributed by atoms with E-state index in [1.165, 1.54) is 7.11 Å². The van der Waals surface area contributed by atoms with Gasteiger partial charge in [0.15, 0.2) is 0 Å². The molecule has 110 valence electrons. The van der Waals surface area contributed by atoms with Gasteiger partial charge in [0.25, 0.3) is 5.91 Å². The molecule has 20 heavy (non-hydrogen) atoms. The van der Waals surface area contributed by atoms with Crippen molar-refractivity contribution in [2.45, 2.75) is 26.3 Å². The maximum Gasteiger partial charge on any atom is 0.328 e. The third-order valence-corrected chi connectivity index (χ3v) is 3.89. The molecule has 0 aliphatic heterocycles. The van der Waals surface area contributed by atoms with Crippen molar-refractivity contribution >= 4 is 39.4 Å². The number of hydrogen-bond donors (Lipinski definition) is 1. The summed E-state index contributed by atoms with van der Waals surface area (Å²) < 4.78 is 5.34. The molecule has 1 N–H and O–H groups in total. The van der Waals surface area contributed by atoms with Gasteiger partial charge in [-0.15, -0.1) is 0 Å². The van der Waals surface area contributed by atoms with Gasteiger partial charge >= 0.3 is 5.97 Å². The normalized spacial score (nSPS) is 12.1. The van der Waals surface area contributed by atoms with Crippen LogP contribution in [0, 0.1) is 5.92 Å². The van der Waals surface area contributed by atoms with Gasteiger partial charge in [-0.3, -0.25) is 4.79 Å². The number of methoxy groups -OCH3 is 1. The lowest BCUT2D eigenvalue weighted by Crippen LogP contribution is -2.42. The molecule has 1 aromatic carbocycles. The van der Waals surface area contributed by atoms with E-state index in [0.717, 1.165) is 0 Å². The molecule has 0 aliphatic carbocycles. The molecule has 0 fully saturated rings. The predicted molar refractivity (Wildman–Crippen MR) is 81.9 cm³/mol. The number of benzene rings is 1. The Bertz CT molecular complexity index is 505. The van der Waals surface area contributed by atoms with E-state index in [2.05, 4.69) is 21.2 Å². The molecule has 1 atom stereocenters. The maximum absolute atomic E-state index is 12.1. The number of ether oxygens (including phenoxy) is 1. The fourth-order valence-electron chi connectivity index (χ4n) is 1.71. The highest BCUT2D eigenvalue weighted by Gasteiger charge is 2.23. The van der Waals surface area contributed by atoms with Gasteiger partial charge in [-0.05, 0) is 46.5 Å². The fraction of sp³-hybridized carbons (Fsp3) is 0.429. The summed E-state index contributed by atoms with van der Waals surface area (Å²) in [6, 6.07) is 4.19. The Hall–Kier alpha value is -1.07. The standard InChI is InChI=1S/C14H17BrClNO3/c1-8(2)6-12(14(19)20-3)17-13(18)9-4-5-11(16)10(15)7-9/h4-5,7-8,12H,6H2,1-3H3,(H,17,18). The number of carbonyl (C=O) groups is 2. The van der Waals surface area contributed by atoms with Gasteiger partial charge < -0.3 is 10.1 Å². The molecule has 6 heteroatoms. The number of amides is 1. The molecule has 1 rings (SSSR count). The zero-order chi connectivity index (χ0) is 15.3. The molecule has 1 unspecified atom stereocenters. The minimum absolute atomic E-state index is 0.261. The molecule has 0 saturated heterocycles. The van der Waals surface area contributed by atoms with Crippen molar-refractivity contribution in [2.24, 2.45) is 5.92 Å². The lowest BCUT2D eigenvalue weighted by atomic mass is 10.0. The highest BCUT2D eigenvalue weighted by atomic mass is 79.9. The largest absolute Gasteiger partial charge is 0.467 e. The first kappa shape index (κ1) is 17.0. The van der Waals surface area contributed by atoms with Crippen LogP contribution in [0.15, 0.2) is 22.7 Å². The molecule has 0 aromatic heterocycles. The second kappa shape index (κ2) is 7.64. The minimum atomic E-state index is -0.651. The molecule has 1 aromatic rings. The first-order chi connectivity index (χ1) is 9.35. The molecular formula is C14H17BrClNO3.